The van der Waals surface area contributed by atoms with Crippen LogP contribution in [0.15, 0.2) is 33.6 Å². The highest BCUT2D eigenvalue weighted by Crippen LogP contribution is 2.32. The first-order chi connectivity index (χ1) is 9.96. The van der Waals surface area contributed by atoms with Gasteiger partial charge in [0.05, 0.1) is 5.92 Å². The maximum Gasteiger partial charge on any atom is 0.224 e. The van der Waals surface area contributed by atoms with E-state index < -0.39 is 0 Å². The van der Waals surface area contributed by atoms with E-state index in [-0.39, 0.29) is 16.6 Å². The second-order valence-electron chi connectivity index (χ2n) is 6.08. The van der Waals surface area contributed by atoms with Gasteiger partial charge in [-0.15, -0.1) is 11.8 Å². The number of piperidine rings is 1. The molecule has 5 heteroatoms. The van der Waals surface area contributed by atoms with Gasteiger partial charge in [0.25, 0.3) is 0 Å². The summed E-state index contributed by atoms with van der Waals surface area (Å²) in [6, 6.07) is 8.29. The minimum atomic E-state index is -0.0222. The fraction of sp³-hybridized carbons (Fsp3) is 0.562. The third-order valence-electron chi connectivity index (χ3n) is 3.56. The lowest BCUT2D eigenvalue weighted by Gasteiger charge is -2.27. The first-order valence-electron chi connectivity index (χ1n) is 7.39. The highest BCUT2D eigenvalue weighted by atomic mass is 79.9. The van der Waals surface area contributed by atoms with Crippen LogP contribution < -0.4 is 10.6 Å². The van der Waals surface area contributed by atoms with Crippen molar-refractivity contribution >= 4 is 33.6 Å². The van der Waals surface area contributed by atoms with Crippen LogP contribution in [0.4, 0.5) is 0 Å². The Morgan fingerprint density at radius 1 is 1.43 bits per heavy atom. The zero-order chi connectivity index (χ0) is 15.3. The van der Waals surface area contributed by atoms with Crippen LogP contribution >= 0.6 is 27.7 Å². The summed E-state index contributed by atoms with van der Waals surface area (Å²) in [5.41, 5.74) is 0. The van der Waals surface area contributed by atoms with Gasteiger partial charge in [-0.25, -0.2) is 0 Å². The molecular formula is C16H23BrN2OS. The molecule has 1 heterocycles. The number of nitrogens with one attached hydrogen (secondary N) is 2. The first kappa shape index (κ1) is 16.8. The summed E-state index contributed by atoms with van der Waals surface area (Å²) in [7, 11) is 0. The summed E-state index contributed by atoms with van der Waals surface area (Å²) < 4.78 is 1.06. The number of amides is 1. The summed E-state index contributed by atoms with van der Waals surface area (Å²) in [6.07, 6.45) is 2.09. The van der Waals surface area contributed by atoms with E-state index in [2.05, 4.69) is 52.5 Å². The molecule has 1 fully saturated rings. The number of hydrogen-bond acceptors (Lipinski definition) is 3. The number of rotatable bonds is 5. The zero-order valence-electron chi connectivity index (χ0n) is 12.6. The standard InChI is InChI=1S/C16H23BrN2OS/c1-16(2,21-14-7-5-13(17)6-8-14)11-19-15(20)12-4-3-9-18-10-12/h5-8,12,18H,3-4,9-11H2,1-2H3,(H,19,20). The van der Waals surface area contributed by atoms with E-state index >= 15 is 0 Å². The molecule has 0 saturated carbocycles. The second kappa shape index (κ2) is 7.65. The van der Waals surface area contributed by atoms with Gasteiger partial charge in [-0.05, 0) is 57.5 Å². The van der Waals surface area contributed by atoms with Crippen LogP contribution in [0.2, 0.25) is 0 Å². The molecule has 0 bridgehead atoms. The monoisotopic (exact) mass is 370 g/mol. The Bertz CT molecular complexity index is 470. The van der Waals surface area contributed by atoms with Gasteiger partial charge < -0.3 is 10.6 Å². The molecule has 0 aromatic heterocycles. The molecule has 1 unspecified atom stereocenters. The Balaban J connectivity index is 1.82. The number of halogens is 1. The van der Waals surface area contributed by atoms with Gasteiger partial charge in [-0.3, -0.25) is 4.79 Å². The fourth-order valence-corrected chi connectivity index (χ4v) is 3.70. The molecule has 1 aliphatic rings. The Morgan fingerprint density at radius 2 is 2.14 bits per heavy atom. The van der Waals surface area contributed by atoms with Crippen molar-refractivity contribution in [2.45, 2.75) is 36.3 Å². The van der Waals surface area contributed by atoms with Gasteiger partial charge >= 0.3 is 0 Å². The highest BCUT2D eigenvalue weighted by Gasteiger charge is 2.24. The predicted octanol–water partition coefficient (Wildman–Crippen LogP) is 3.44. The van der Waals surface area contributed by atoms with Crippen molar-refractivity contribution in [1.29, 1.82) is 0 Å². The van der Waals surface area contributed by atoms with Crippen molar-refractivity contribution in [2.24, 2.45) is 5.92 Å². The predicted molar refractivity (Wildman–Crippen MR) is 92.7 cm³/mol. The lowest BCUT2D eigenvalue weighted by molar-refractivity contribution is -0.125. The molecule has 21 heavy (non-hydrogen) atoms. The van der Waals surface area contributed by atoms with Crippen molar-refractivity contribution in [1.82, 2.24) is 10.6 Å². The molecule has 116 valence electrons. The van der Waals surface area contributed by atoms with Gasteiger partial charge in [-0.1, -0.05) is 15.9 Å². The maximum absolute atomic E-state index is 12.2. The van der Waals surface area contributed by atoms with Gasteiger partial charge in [0, 0.05) is 27.2 Å². The molecule has 1 amide bonds. The van der Waals surface area contributed by atoms with Crippen molar-refractivity contribution in [3.8, 4) is 0 Å². The van der Waals surface area contributed by atoms with Crippen LogP contribution in [0.1, 0.15) is 26.7 Å². The molecule has 0 aliphatic carbocycles. The Morgan fingerprint density at radius 3 is 2.76 bits per heavy atom. The van der Waals surface area contributed by atoms with Crippen LogP contribution in [0, 0.1) is 5.92 Å². The summed E-state index contributed by atoms with van der Waals surface area (Å²) in [5.74, 6) is 0.318. The number of carbonyl (C=O) groups excluding carboxylic acids is 1. The second-order valence-corrected chi connectivity index (χ2v) is 8.77. The Kier molecular flexibility index (Phi) is 6.14. The summed E-state index contributed by atoms with van der Waals surface area (Å²) >= 11 is 5.24. The smallest absolute Gasteiger partial charge is 0.224 e. The van der Waals surface area contributed by atoms with Gasteiger partial charge in [0.15, 0.2) is 0 Å². The van der Waals surface area contributed by atoms with Crippen molar-refractivity contribution in [3.63, 3.8) is 0 Å². The highest BCUT2D eigenvalue weighted by molar-refractivity contribution is 9.10. The molecule has 0 spiro atoms. The molecule has 1 aromatic carbocycles. The average Bonchev–Trinajstić information content (AvgIpc) is 2.48. The van der Waals surface area contributed by atoms with E-state index in [1.54, 1.807) is 11.8 Å². The maximum atomic E-state index is 12.2. The van der Waals surface area contributed by atoms with Gasteiger partial charge in [0.1, 0.15) is 0 Å². The topological polar surface area (TPSA) is 41.1 Å². The lowest BCUT2D eigenvalue weighted by Crippen LogP contribution is -2.44. The van der Waals surface area contributed by atoms with E-state index in [1.807, 2.05) is 12.1 Å². The molecular weight excluding hydrogens is 348 g/mol. The van der Waals surface area contributed by atoms with Gasteiger partial charge in [0.2, 0.25) is 5.91 Å². The van der Waals surface area contributed by atoms with E-state index in [4.69, 9.17) is 0 Å². The van der Waals surface area contributed by atoms with E-state index in [0.717, 1.165) is 30.4 Å². The van der Waals surface area contributed by atoms with Crippen LogP contribution in [0.3, 0.4) is 0 Å². The minimum absolute atomic E-state index is 0.0222. The molecule has 2 N–H and O–H groups in total. The van der Waals surface area contributed by atoms with Crippen molar-refractivity contribution in [3.05, 3.63) is 28.7 Å². The van der Waals surface area contributed by atoms with E-state index in [0.29, 0.717) is 6.54 Å². The quantitative estimate of drug-likeness (QED) is 0.780. The normalized spacial score (nSPS) is 19.3. The number of thioether (sulfide) groups is 1. The molecule has 2 rings (SSSR count). The van der Waals surface area contributed by atoms with E-state index in [1.165, 1.54) is 4.90 Å². The minimum Gasteiger partial charge on any atom is -0.354 e. The molecule has 1 atom stereocenters. The molecule has 3 nitrogen and oxygen atoms in total. The number of carbonyl (C=O) groups is 1. The van der Waals surface area contributed by atoms with E-state index in [9.17, 15) is 4.79 Å². The molecule has 1 aliphatic heterocycles. The average molecular weight is 371 g/mol. The van der Waals surface area contributed by atoms with Crippen LogP contribution in [0.25, 0.3) is 0 Å². The lowest BCUT2D eigenvalue weighted by atomic mass is 9.98. The number of hydrogen-bond donors (Lipinski definition) is 2. The Hall–Kier alpha value is -0.520. The Labute approximate surface area is 139 Å². The summed E-state index contributed by atoms with van der Waals surface area (Å²) in [4.78, 5) is 13.4. The largest absolute Gasteiger partial charge is 0.354 e. The first-order valence-corrected chi connectivity index (χ1v) is 9.00. The summed E-state index contributed by atoms with van der Waals surface area (Å²) in [5, 5.41) is 6.40. The molecule has 1 saturated heterocycles. The van der Waals surface area contributed by atoms with Crippen LogP contribution in [-0.2, 0) is 4.79 Å². The van der Waals surface area contributed by atoms with Crippen LogP contribution in [0.5, 0.6) is 0 Å². The third-order valence-corrected chi connectivity index (χ3v) is 5.30. The van der Waals surface area contributed by atoms with Gasteiger partial charge in [-0.2, -0.15) is 0 Å². The third kappa shape index (κ3) is 5.64. The van der Waals surface area contributed by atoms with Crippen LogP contribution in [-0.4, -0.2) is 30.3 Å². The molecule has 1 aromatic rings. The number of benzene rings is 1. The summed E-state index contributed by atoms with van der Waals surface area (Å²) in [6.45, 7) is 6.86. The van der Waals surface area contributed by atoms with Crippen molar-refractivity contribution in [2.75, 3.05) is 19.6 Å². The fourth-order valence-electron chi connectivity index (χ4n) is 2.38. The van der Waals surface area contributed by atoms with Crippen molar-refractivity contribution < 1.29 is 4.79 Å². The zero-order valence-corrected chi connectivity index (χ0v) is 15.0. The molecule has 0 radical (unpaired) electrons. The SMILES string of the molecule is CC(C)(CNC(=O)C1CCCNC1)Sc1ccc(Br)cc1.